The van der Waals surface area contributed by atoms with E-state index in [1.165, 1.54) is 0 Å². The number of ketones is 2. The summed E-state index contributed by atoms with van der Waals surface area (Å²) in [7, 11) is 0. The van der Waals surface area contributed by atoms with Crippen LogP contribution in [-0.4, -0.2) is 42.3 Å². The van der Waals surface area contributed by atoms with E-state index in [9.17, 15) is 9.59 Å². The van der Waals surface area contributed by atoms with Gasteiger partial charge < -0.3 is 16.4 Å². The zero-order valence-corrected chi connectivity index (χ0v) is 13.8. The average Bonchev–Trinajstić information content (AvgIpc) is 2.34. The lowest BCUT2D eigenvalue weighted by atomic mass is 9.95. The Morgan fingerprint density at radius 3 is 1.90 bits per heavy atom. The smallest absolute Gasteiger partial charge is 0.153 e. The first-order valence-corrected chi connectivity index (χ1v) is 7.27. The minimum Gasteiger partial charge on any atom is -0.330 e. The number of hydrogen-bond donors (Lipinski definition) is 3. The van der Waals surface area contributed by atoms with Gasteiger partial charge in [0.15, 0.2) is 5.78 Å². The van der Waals surface area contributed by atoms with Gasteiger partial charge in [0.2, 0.25) is 0 Å². The van der Waals surface area contributed by atoms with Crippen LogP contribution in [0.15, 0.2) is 0 Å². The molecule has 0 amide bonds. The van der Waals surface area contributed by atoms with E-state index in [4.69, 9.17) is 5.73 Å². The summed E-state index contributed by atoms with van der Waals surface area (Å²) in [4.78, 5) is 23.3. The minimum atomic E-state index is -0.552. The fourth-order valence-corrected chi connectivity index (χ4v) is 1.60. The number of nitrogens with two attached hydrogens (primary N) is 1. The Balaban J connectivity index is 4.20. The minimum absolute atomic E-state index is 0.121. The maximum absolute atomic E-state index is 11.9. The number of rotatable bonds is 10. The lowest BCUT2D eigenvalue weighted by molar-refractivity contribution is -0.124. The molecule has 0 rings (SSSR count). The van der Waals surface area contributed by atoms with Gasteiger partial charge in [-0.1, -0.05) is 6.92 Å². The van der Waals surface area contributed by atoms with E-state index in [1.807, 2.05) is 27.7 Å². The SMILES string of the molecule is CC(=O)C(C)(C)NCC(C)CNC(C)(C)C(=O)CCN. The molecular weight excluding hydrogens is 254 g/mol. The topological polar surface area (TPSA) is 84.2 Å². The number of carbonyl (C=O) groups excluding carboxylic acids is 2. The van der Waals surface area contributed by atoms with Crippen molar-refractivity contribution in [1.29, 1.82) is 0 Å². The van der Waals surface area contributed by atoms with Crippen LogP contribution in [0.3, 0.4) is 0 Å². The molecule has 0 saturated heterocycles. The molecule has 0 aliphatic carbocycles. The van der Waals surface area contributed by atoms with Crippen molar-refractivity contribution in [2.24, 2.45) is 11.7 Å². The zero-order valence-electron chi connectivity index (χ0n) is 13.8. The number of hydrogen-bond acceptors (Lipinski definition) is 5. The molecule has 4 N–H and O–H groups in total. The van der Waals surface area contributed by atoms with Gasteiger partial charge in [0.05, 0.1) is 11.1 Å². The van der Waals surface area contributed by atoms with Crippen LogP contribution >= 0.6 is 0 Å². The van der Waals surface area contributed by atoms with Crippen molar-refractivity contribution >= 4 is 11.6 Å². The molecule has 1 unspecified atom stereocenters. The molecular formula is C15H31N3O2. The third-order valence-corrected chi connectivity index (χ3v) is 3.73. The van der Waals surface area contributed by atoms with Crippen LogP contribution in [0.5, 0.6) is 0 Å². The second-order valence-corrected chi connectivity index (χ2v) is 6.64. The molecule has 0 aromatic heterocycles. The Bertz CT molecular complexity index is 338. The summed E-state index contributed by atoms with van der Waals surface area (Å²) in [5.41, 5.74) is 4.36. The fraction of sp³-hybridized carbons (Fsp3) is 0.867. The van der Waals surface area contributed by atoms with Gasteiger partial charge in [-0.25, -0.2) is 0 Å². The Kier molecular flexibility index (Phi) is 7.55. The number of nitrogens with one attached hydrogen (secondary N) is 2. The Hall–Kier alpha value is -0.780. The van der Waals surface area contributed by atoms with Crippen molar-refractivity contribution in [3.05, 3.63) is 0 Å². The van der Waals surface area contributed by atoms with Crippen LogP contribution in [0.4, 0.5) is 0 Å². The number of carbonyl (C=O) groups is 2. The van der Waals surface area contributed by atoms with Crippen LogP contribution in [-0.2, 0) is 9.59 Å². The Morgan fingerprint density at radius 1 is 1.05 bits per heavy atom. The monoisotopic (exact) mass is 285 g/mol. The number of Topliss-reactive ketones (excluding diaryl/α,β-unsaturated/α-hetero) is 2. The molecule has 0 bridgehead atoms. The molecule has 0 fully saturated rings. The molecule has 1 atom stereocenters. The summed E-state index contributed by atoms with van der Waals surface area (Å²) in [6.45, 7) is 13.0. The van der Waals surface area contributed by atoms with E-state index < -0.39 is 11.1 Å². The van der Waals surface area contributed by atoms with Gasteiger partial charge >= 0.3 is 0 Å². The van der Waals surface area contributed by atoms with Crippen LogP contribution < -0.4 is 16.4 Å². The van der Waals surface area contributed by atoms with Gasteiger partial charge in [0, 0.05) is 6.42 Å². The third kappa shape index (κ3) is 6.59. The van der Waals surface area contributed by atoms with Crippen molar-refractivity contribution in [1.82, 2.24) is 10.6 Å². The van der Waals surface area contributed by atoms with Crippen LogP contribution in [0.25, 0.3) is 0 Å². The van der Waals surface area contributed by atoms with Gasteiger partial charge in [0.25, 0.3) is 0 Å². The molecule has 5 heteroatoms. The molecule has 0 spiro atoms. The molecule has 5 nitrogen and oxygen atoms in total. The summed E-state index contributed by atoms with van der Waals surface area (Å²) in [6.07, 6.45) is 0.393. The van der Waals surface area contributed by atoms with Crippen LogP contribution in [0.2, 0.25) is 0 Å². The third-order valence-electron chi connectivity index (χ3n) is 3.73. The predicted octanol–water partition coefficient (Wildman–Crippen LogP) is 0.866. The van der Waals surface area contributed by atoms with Crippen molar-refractivity contribution in [2.45, 2.75) is 59.0 Å². The lowest BCUT2D eigenvalue weighted by Gasteiger charge is -2.29. The van der Waals surface area contributed by atoms with Gasteiger partial charge in [-0.3, -0.25) is 9.59 Å². The summed E-state index contributed by atoms with van der Waals surface area (Å²) >= 11 is 0. The van der Waals surface area contributed by atoms with Crippen LogP contribution in [0.1, 0.15) is 48.0 Å². The first-order chi connectivity index (χ1) is 9.03. The molecule has 20 heavy (non-hydrogen) atoms. The molecule has 0 aromatic carbocycles. The van der Waals surface area contributed by atoms with Gasteiger partial charge in [-0.05, 0) is 60.2 Å². The standard InChI is InChI=1S/C15H31N3O2/c1-11(9-17-14(3,4)12(2)19)10-18-15(5,6)13(20)7-8-16/h11,17-18H,7-10,16H2,1-6H3. The predicted molar refractivity (Wildman–Crippen MR) is 82.7 cm³/mol. The fourth-order valence-electron chi connectivity index (χ4n) is 1.60. The van der Waals surface area contributed by atoms with Crippen molar-refractivity contribution in [2.75, 3.05) is 19.6 Å². The summed E-state index contributed by atoms with van der Waals surface area (Å²) in [6, 6.07) is 0. The van der Waals surface area contributed by atoms with E-state index in [2.05, 4.69) is 17.6 Å². The highest BCUT2D eigenvalue weighted by molar-refractivity contribution is 5.87. The first-order valence-electron chi connectivity index (χ1n) is 7.27. The molecule has 0 aliphatic heterocycles. The van der Waals surface area contributed by atoms with Gasteiger partial charge in [0.1, 0.15) is 5.78 Å². The van der Waals surface area contributed by atoms with Crippen molar-refractivity contribution < 1.29 is 9.59 Å². The summed E-state index contributed by atoms with van der Waals surface area (Å²) in [5, 5.41) is 6.53. The largest absolute Gasteiger partial charge is 0.330 e. The summed E-state index contributed by atoms with van der Waals surface area (Å²) < 4.78 is 0. The second kappa shape index (κ2) is 7.86. The molecule has 118 valence electrons. The van der Waals surface area contributed by atoms with E-state index >= 15 is 0 Å². The zero-order chi connectivity index (χ0) is 16.0. The summed E-state index contributed by atoms with van der Waals surface area (Å²) in [5.74, 6) is 0.568. The molecule has 0 saturated carbocycles. The average molecular weight is 285 g/mol. The molecule has 0 aliphatic rings. The second-order valence-electron chi connectivity index (χ2n) is 6.64. The van der Waals surface area contributed by atoms with E-state index in [0.29, 0.717) is 25.4 Å². The maximum Gasteiger partial charge on any atom is 0.153 e. The molecule has 0 aromatic rings. The molecule has 0 radical (unpaired) electrons. The van der Waals surface area contributed by atoms with Crippen molar-refractivity contribution in [3.63, 3.8) is 0 Å². The Labute approximate surface area is 123 Å². The maximum atomic E-state index is 11.9. The van der Waals surface area contributed by atoms with Gasteiger partial charge in [-0.15, -0.1) is 0 Å². The van der Waals surface area contributed by atoms with Gasteiger partial charge in [-0.2, -0.15) is 0 Å². The van der Waals surface area contributed by atoms with E-state index in [0.717, 1.165) is 6.54 Å². The molecule has 0 heterocycles. The van der Waals surface area contributed by atoms with Crippen LogP contribution in [0, 0.1) is 5.92 Å². The quantitative estimate of drug-likeness (QED) is 0.554. The Morgan fingerprint density at radius 2 is 1.50 bits per heavy atom. The first kappa shape index (κ1) is 19.2. The normalized spacial score (nSPS) is 14.2. The van der Waals surface area contributed by atoms with E-state index in [-0.39, 0.29) is 11.6 Å². The van der Waals surface area contributed by atoms with E-state index in [1.54, 1.807) is 6.92 Å². The highest BCUT2D eigenvalue weighted by Gasteiger charge is 2.27. The highest BCUT2D eigenvalue weighted by atomic mass is 16.1. The van der Waals surface area contributed by atoms with Crippen molar-refractivity contribution in [3.8, 4) is 0 Å². The lowest BCUT2D eigenvalue weighted by Crippen LogP contribution is -2.51. The highest BCUT2D eigenvalue weighted by Crippen LogP contribution is 2.08.